The number of esters is 1. The Kier molecular flexibility index (Phi) is 3.98. The zero-order chi connectivity index (χ0) is 10.4. The molecule has 3 heteroatoms. The van der Waals surface area contributed by atoms with Crippen LogP contribution in [-0.4, -0.2) is 19.6 Å². The Balaban J connectivity index is 2.62. The SMILES string of the molecule is CCOC(=O)Cc1cccc(NC)c1. The first-order valence-electron chi connectivity index (χ1n) is 4.68. The van der Waals surface area contributed by atoms with Gasteiger partial charge in [-0.15, -0.1) is 0 Å². The van der Waals surface area contributed by atoms with Gasteiger partial charge < -0.3 is 10.1 Å². The molecule has 0 atom stereocenters. The van der Waals surface area contributed by atoms with Crippen LogP contribution in [-0.2, 0) is 16.0 Å². The summed E-state index contributed by atoms with van der Waals surface area (Å²) in [7, 11) is 1.85. The molecule has 0 unspecified atom stereocenters. The molecule has 0 amide bonds. The van der Waals surface area contributed by atoms with E-state index < -0.39 is 0 Å². The van der Waals surface area contributed by atoms with Gasteiger partial charge in [0.05, 0.1) is 13.0 Å². The Bertz CT molecular complexity index is 310. The molecule has 0 bridgehead atoms. The summed E-state index contributed by atoms with van der Waals surface area (Å²) in [4.78, 5) is 11.2. The van der Waals surface area contributed by atoms with Crippen molar-refractivity contribution < 1.29 is 9.53 Å². The molecule has 0 fully saturated rings. The summed E-state index contributed by atoms with van der Waals surface area (Å²) in [5, 5.41) is 3.02. The van der Waals surface area contributed by atoms with E-state index >= 15 is 0 Å². The van der Waals surface area contributed by atoms with Crippen LogP contribution in [0.5, 0.6) is 0 Å². The van der Waals surface area contributed by atoms with Gasteiger partial charge in [-0.25, -0.2) is 0 Å². The van der Waals surface area contributed by atoms with Crippen LogP contribution in [0.4, 0.5) is 5.69 Å². The maximum absolute atomic E-state index is 11.2. The van der Waals surface area contributed by atoms with Gasteiger partial charge in [-0.1, -0.05) is 12.1 Å². The van der Waals surface area contributed by atoms with Gasteiger partial charge in [-0.05, 0) is 24.6 Å². The van der Waals surface area contributed by atoms with Crippen LogP contribution in [0.15, 0.2) is 24.3 Å². The minimum atomic E-state index is -0.180. The van der Waals surface area contributed by atoms with E-state index in [1.54, 1.807) is 0 Å². The predicted molar refractivity (Wildman–Crippen MR) is 56.3 cm³/mol. The van der Waals surface area contributed by atoms with Crippen LogP contribution in [0.3, 0.4) is 0 Å². The number of hydrogen-bond acceptors (Lipinski definition) is 3. The van der Waals surface area contributed by atoms with E-state index in [1.807, 2.05) is 38.2 Å². The molecule has 3 nitrogen and oxygen atoms in total. The number of nitrogens with one attached hydrogen (secondary N) is 1. The minimum absolute atomic E-state index is 0.180. The van der Waals surface area contributed by atoms with Gasteiger partial charge in [-0.3, -0.25) is 4.79 Å². The summed E-state index contributed by atoms with van der Waals surface area (Å²) in [5.74, 6) is -0.180. The number of ether oxygens (including phenoxy) is 1. The molecule has 14 heavy (non-hydrogen) atoms. The highest BCUT2D eigenvalue weighted by Gasteiger charge is 2.03. The molecule has 1 aromatic carbocycles. The molecule has 0 aromatic heterocycles. The standard InChI is InChI=1S/C11H15NO2/c1-3-14-11(13)8-9-5-4-6-10(7-9)12-2/h4-7,12H,3,8H2,1-2H3. The number of carbonyl (C=O) groups excluding carboxylic acids is 1. The number of carbonyl (C=O) groups is 1. The van der Waals surface area contributed by atoms with Crippen molar-refractivity contribution in [2.75, 3.05) is 19.0 Å². The van der Waals surface area contributed by atoms with Crippen LogP contribution in [0.1, 0.15) is 12.5 Å². The van der Waals surface area contributed by atoms with E-state index in [1.165, 1.54) is 0 Å². The molecule has 0 spiro atoms. The molecule has 0 aliphatic carbocycles. The lowest BCUT2D eigenvalue weighted by atomic mass is 10.1. The summed E-state index contributed by atoms with van der Waals surface area (Å²) >= 11 is 0. The van der Waals surface area contributed by atoms with Crippen LogP contribution in [0.2, 0.25) is 0 Å². The van der Waals surface area contributed by atoms with Gasteiger partial charge in [0.25, 0.3) is 0 Å². The quantitative estimate of drug-likeness (QED) is 0.741. The first-order valence-corrected chi connectivity index (χ1v) is 4.68. The maximum Gasteiger partial charge on any atom is 0.310 e. The fraction of sp³-hybridized carbons (Fsp3) is 0.364. The first kappa shape index (κ1) is 10.6. The summed E-state index contributed by atoms with van der Waals surface area (Å²) in [6.07, 6.45) is 0.337. The Morgan fingerprint density at radius 2 is 2.29 bits per heavy atom. The average Bonchev–Trinajstić information content (AvgIpc) is 2.18. The fourth-order valence-corrected chi connectivity index (χ4v) is 1.22. The number of anilines is 1. The van der Waals surface area contributed by atoms with E-state index in [-0.39, 0.29) is 5.97 Å². The summed E-state index contributed by atoms with van der Waals surface area (Å²) in [6.45, 7) is 2.24. The highest BCUT2D eigenvalue weighted by molar-refractivity contribution is 5.73. The van der Waals surface area contributed by atoms with E-state index in [4.69, 9.17) is 4.74 Å². The molecule has 0 heterocycles. The second kappa shape index (κ2) is 5.27. The Labute approximate surface area is 84.1 Å². The van der Waals surface area contributed by atoms with Crippen molar-refractivity contribution >= 4 is 11.7 Å². The summed E-state index contributed by atoms with van der Waals surface area (Å²) in [5.41, 5.74) is 1.97. The molecule has 0 saturated carbocycles. The lowest BCUT2D eigenvalue weighted by Crippen LogP contribution is -2.07. The number of benzene rings is 1. The third-order valence-corrected chi connectivity index (χ3v) is 1.87. The Morgan fingerprint density at radius 1 is 1.50 bits per heavy atom. The van der Waals surface area contributed by atoms with Crippen molar-refractivity contribution in [3.63, 3.8) is 0 Å². The average molecular weight is 193 g/mol. The van der Waals surface area contributed by atoms with Crippen molar-refractivity contribution in [3.05, 3.63) is 29.8 Å². The molecule has 0 saturated heterocycles. The molecule has 1 rings (SSSR count). The number of rotatable bonds is 4. The van der Waals surface area contributed by atoms with Gasteiger partial charge in [-0.2, -0.15) is 0 Å². The molecule has 1 N–H and O–H groups in total. The molecule has 0 aliphatic rings. The normalized spacial score (nSPS) is 9.57. The smallest absolute Gasteiger partial charge is 0.310 e. The molecule has 76 valence electrons. The molecule has 0 aliphatic heterocycles. The molecule has 0 radical (unpaired) electrons. The van der Waals surface area contributed by atoms with Gasteiger partial charge >= 0.3 is 5.97 Å². The van der Waals surface area contributed by atoms with Crippen molar-refractivity contribution in [2.45, 2.75) is 13.3 Å². The van der Waals surface area contributed by atoms with Gasteiger partial charge in [0.1, 0.15) is 0 Å². The summed E-state index contributed by atoms with van der Waals surface area (Å²) in [6, 6.07) is 7.73. The lowest BCUT2D eigenvalue weighted by Gasteiger charge is -2.04. The van der Waals surface area contributed by atoms with Crippen LogP contribution in [0, 0.1) is 0 Å². The highest BCUT2D eigenvalue weighted by atomic mass is 16.5. The maximum atomic E-state index is 11.2. The van der Waals surface area contributed by atoms with Gasteiger partial charge in [0.15, 0.2) is 0 Å². The van der Waals surface area contributed by atoms with Crippen molar-refractivity contribution in [2.24, 2.45) is 0 Å². The van der Waals surface area contributed by atoms with Crippen molar-refractivity contribution in [1.82, 2.24) is 0 Å². The second-order valence-electron chi connectivity index (χ2n) is 2.93. The van der Waals surface area contributed by atoms with E-state index in [2.05, 4.69) is 5.32 Å². The van der Waals surface area contributed by atoms with Crippen molar-refractivity contribution in [3.8, 4) is 0 Å². The highest BCUT2D eigenvalue weighted by Crippen LogP contribution is 2.10. The first-order chi connectivity index (χ1) is 6.76. The van der Waals surface area contributed by atoms with Gasteiger partial charge in [0, 0.05) is 12.7 Å². The van der Waals surface area contributed by atoms with Gasteiger partial charge in [0.2, 0.25) is 0 Å². The number of hydrogen-bond donors (Lipinski definition) is 1. The van der Waals surface area contributed by atoms with E-state index in [0.29, 0.717) is 13.0 Å². The van der Waals surface area contributed by atoms with E-state index in [0.717, 1.165) is 11.3 Å². The molecular weight excluding hydrogens is 178 g/mol. The molecule has 1 aromatic rings. The Morgan fingerprint density at radius 3 is 2.93 bits per heavy atom. The zero-order valence-electron chi connectivity index (χ0n) is 8.54. The monoisotopic (exact) mass is 193 g/mol. The fourth-order valence-electron chi connectivity index (χ4n) is 1.22. The zero-order valence-corrected chi connectivity index (χ0v) is 8.54. The third-order valence-electron chi connectivity index (χ3n) is 1.87. The van der Waals surface area contributed by atoms with Crippen LogP contribution in [0.25, 0.3) is 0 Å². The largest absolute Gasteiger partial charge is 0.466 e. The van der Waals surface area contributed by atoms with Crippen LogP contribution < -0.4 is 5.32 Å². The second-order valence-corrected chi connectivity index (χ2v) is 2.93. The predicted octanol–water partition coefficient (Wildman–Crippen LogP) is 1.83. The van der Waals surface area contributed by atoms with E-state index in [9.17, 15) is 4.79 Å². The molecular formula is C11H15NO2. The summed E-state index contributed by atoms with van der Waals surface area (Å²) < 4.78 is 4.86. The lowest BCUT2D eigenvalue weighted by molar-refractivity contribution is -0.142. The minimum Gasteiger partial charge on any atom is -0.466 e. The topological polar surface area (TPSA) is 38.3 Å². The third kappa shape index (κ3) is 3.09. The Hall–Kier alpha value is -1.51. The van der Waals surface area contributed by atoms with Crippen LogP contribution >= 0.6 is 0 Å². The van der Waals surface area contributed by atoms with Crippen molar-refractivity contribution in [1.29, 1.82) is 0 Å².